The van der Waals surface area contributed by atoms with Crippen LogP contribution in [0, 0.1) is 6.92 Å². The topological polar surface area (TPSA) is 61.5 Å². The van der Waals surface area contributed by atoms with Crippen LogP contribution in [0.15, 0.2) is 42.5 Å². The molecule has 0 amide bonds. The molecule has 2 rings (SSSR count). The van der Waals surface area contributed by atoms with Crippen LogP contribution in [0.5, 0.6) is 11.5 Å². The summed E-state index contributed by atoms with van der Waals surface area (Å²) in [6, 6.07) is 12.5. The van der Waals surface area contributed by atoms with Gasteiger partial charge in [0.15, 0.2) is 0 Å². The van der Waals surface area contributed by atoms with Crippen LogP contribution in [0.1, 0.15) is 22.8 Å². The Balaban J connectivity index is 2.20. The third-order valence-electron chi connectivity index (χ3n) is 2.74. The van der Waals surface area contributed by atoms with Crippen LogP contribution in [-0.2, 0) is 4.74 Å². The number of rotatable bonds is 4. The van der Waals surface area contributed by atoms with E-state index in [1.165, 1.54) is 0 Å². The fraction of sp³-hybridized carbons (Fsp3) is 0.188. The van der Waals surface area contributed by atoms with E-state index in [9.17, 15) is 4.79 Å². The Bertz CT molecular complexity index is 623. The van der Waals surface area contributed by atoms with Gasteiger partial charge in [0.1, 0.15) is 11.5 Å². The molecule has 4 heteroatoms. The molecular formula is C16H17NO3. The van der Waals surface area contributed by atoms with E-state index in [1.54, 1.807) is 25.1 Å². The number of nitrogen functional groups attached to an aromatic ring is 1. The number of aryl methyl sites for hydroxylation is 1. The molecule has 20 heavy (non-hydrogen) atoms. The molecule has 4 nitrogen and oxygen atoms in total. The zero-order valence-electron chi connectivity index (χ0n) is 11.6. The Hall–Kier alpha value is -2.49. The highest BCUT2D eigenvalue weighted by Crippen LogP contribution is 2.28. The highest BCUT2D eigenvalue weighted by atomic mass is 16.5. The number of ether oxygens (including phenoxy) is 2. The van der Waals surface area contributed by atoms with Crippen LogP contribution in [0.2, 0.25) is 0 Å². The van der Waals surface area contributed by atoms with Crippen molar-refractivity contribution in [3.63, 3.8) is 0 Å². The monoisotopic (exact) mass is 271 g/mol. The minimum absolute atomic E-state index is 0.334. The van der Waals surface area contributed by atoms with E-state index in [-0.39, 0.29) is 5.97 Å². The summed E-state index contributed by atoms with van der Waals surface area (Å²) in [5, 5.41) is 0. The maximum Gasteiger partial charge on any atom is 0.338 e. The molecule has 2 aromatic rings. The average Bonchev–Trinajstić information content (AvgIpc) is 2.41. The summed E-state index contributed by atoms with van der Waals surface area (Å²) in [6.45, 7) is 4.08. The van der Waals surface area contributed by atoms with E-state index in [4.69, 9.17) is 15.2 Å². The lowest BCUT2D eigenvalue weighted by Gasteiger charge is -2.10. The van der Waals surface area contributed by atoms with Gasteiger partial charge in [0.2, 0.25) is 0 Å². The highest BCUT2D eigenvalue weighted by Gasteiger charge is 2.10. The molecule has 0 aliphatic carbocycles. The molecule has 0 fully saturated rings. The number of nitrogens with two attached hydrogens (primary N) is 1. The van der Waals surface area contributed by atoms with Crippen LogP contribution < -0.4 is 10.5 Å². The Labute approximate surface area is 118 Å². The summed E-state index contributed by atoms with van der Waals surface area (Å²) >= 11 is 0. The van der Waals surface area contributed by atoms with Gasteiger partial charge in [-0.25, -0.2) is 4.79 Å². The Morgan fingerprint density at radius 2 is 2.00 bits per heavy atom. The summed E-state index contributed by atoms with van der Waals surface area (Å²) in [5.41, 5.74) is 7.83. The highest BCUT2D eigenvalue weighted by molar-refractivity contribution is 5.91. The molecule has 0 spiro atoms. The zero-order valence-corrected chi connectivity index (χ0v) is 11.6. The second-order valence-electron chi connectivity index (χ2n) is 4.39. The van der Waals surface area contributed by atoms with Crippen molar-refractivity contribution in [2.45, 2.75) is 13.8 Å². The SMILES string of the molecule is CCOC(=O)c1ccc(Oc2cccc(C)c2)c(N)c1. The number of carbonyl (C=O) groups excluding carboxylic acids is 1. The fourth-order valence-corrected chi connectivity index (χ4v) is 1.79. The number of anilines is 1. The van der Waals surface area contributed by atoms with Crippen LogP contribution in [-0.4, -0.2) is 12.6 Å². The molecule has 0 saturated heterocycles. The van der Waals surface area contributed by atoms with E-state index in [1.807, 2.05) is 31.2 Å². The first kappa shape index (κ1) is 13.9. The molecule has 2 aromatic carbocycles. The van der Waals surface area contributed by atoms with Crippen molar-refractivity contribution >= 4 is 11.7 Å². The molecule has 0 aliphatic heterocycles. The third kappa shape index (κ3) is 3.29. The first-order chi connectivity index (χ1) is 9.60. The molecule has 0 bridgehead atoms. The van der Waals surface area contributed by atoms with Crippen LogP contribution in [0.3, 0.4) is 0 Å². The number of hydrogen-bond donors (Lipinski definition) is 1. The van der Waals surface area contributed by atoms with Crippen molar-refractivity contribution in [1.82, 2.24) is 0 Å². The predicted molar refractivity (Wildman–Crippen MR) is 78.1 cm³/mol. The summed E-state index contributed by atoms with van der Waals surface area (Å²) in [5.74, 6) is 0.838. The minimum Gasteiger partial charge on any atom is -0.462 e. The maximum atomic E-state index is 11.6. The van der Waals surface area contributed by atoms with E-state index >= 15 is 0 Å². The molecule has 0 aliphatic rings. The Kier molecular flexibility index (Phi) is 4.25. The molecule has 0 aromatic heterocycles. The Morgan fingerprint density at radius 1 is 1.20 bits per heavy atom. The van der Waals surface area contributed by atoms with Crippen LogP contribution in [0.4, 0.5) is 5.69 Å². The van der Waals surface area contributed by atoms with Crippen molar-refractivity contribution in [3.8, 4) is 11.5 Å². The lowest BCUT2D eigenvalue weighted by atomic mass is 10.2. The summed E-state index contributed by atoms with van der Waals surface area (Å²) in [7, 11) is 0. The number of benzene rings is 2. The minimum atomic E-state index is -0.388. The number of esters is 1. The van der Waals surface area contributed by atoms with Gasteiger partial charge in [0, 0.05) is 0 Å². The predicted octanol–water partition coefficient (Wildman–Crippen LogP) is 3.55. The van der Waals surface area contributed by atoms with Gasteiger partial charge in [-0.3, -0.25) is 0 Å². The van der Waals surface area contributed by atoms with Gasteiger partial charge in [-0.05, 0) is 49.7 Å². The van der Waals surface area contributed by atoms with Crippen molar-refractivity contribution in [1.29, 1.82) is 0 Å². The van der Waals surface area contributed by atoms with E-state index < -0.39 is 0 Å². The zero-order chi connectivity index (χ0) is 14.5. The second-order valence-corrected chi connectivity index (χ2v) is 4.39. The van der Waals surface area contributed by atoms with Crippen LogP contribution in [0.25, 0.3) is 0 Å². The molecule has 2 N–H and O–H groups in total. The van der Waals surface area contributed by atoms with Gasteiger partial charge < -0.3 is 15.2 Å². The number of carbonyl (C=O) groups is 1. The summed E-state index contributed by atoms with van der Waals surface area (Å²) in [4.78, 5) is 11.6. The smallest absolute Gasteiger partial charge is 0.338 e. The van der Waals surface area contributed by atoms with Crippen LogP contribution >= 0.6 is 0 Å². The molecule has 0 atom stereocenters. The van der Waals surface area contributed by atoms with E-state index in [0.717, 1.165) is 5.56 Å². The lowest BCUT2D eigenvalue weighted by molar-refractivity contribution is 0.0526. The van der Waals surface area contributed by atoms with Gasteiger partial charge in [-0.2, -0.15) is 0 Å². The van der Waals surface area contributed by atoms with Gasteiger partial charge in [0.05, 0.1) is 17.9 Å². The fourth-order valence-electron chi connectivity index (χ4n) is 1.79. The molecule has 104 valence electrons. The summed E-state index contributed by atoms with van der Waals surface area (Å²) in [6.07, 6.45) is 0. The second kappa shape index (κ2) is 6.10. The summed E-state index contributed by atoms with van der Waals surface area (Å²) < 4.78 is 10.6. The number of hydrogen-bond acceptors (Lipinski definition) is 4. The molecular weight excluding hydrogens is 254 g/mol. The third-order valence-corrected chi connectivity index (χ3v) is 2.74. The largest absolute Gasteiger partial charge is 0.462 e. The maximum absolute atomic E-state index is 11.6. The van der Waals surface area contributed by atoms with Gasteiger partial charge >= 0.3 is 5.97 Å². The molecule has 0 unspecified atom stereocenters. The first-order valence-corrected chi connectivity index (χ1v) is 6.41. The van der Waals surface area contributed by atoms with Crippen molar-refractivity contribution in [3.05, 3.63) is 53.6 Å². The Morgan fingerprint density at radius 3 is 2.65 bits per heavy atom. The van der Waals surface area contributed by atoms with Gasteiger partial charge in [-0.15, -0.1) is 0 Å². The molecule has 0 radical (unpaired) electrons. The van der Waals surface area contributed by atoms with Crippen molar-refractivity contribution in [2.24, 2.45) is 0 Å². The van der Waals surface area contributed by atoms with Gasteiger partial charge in [-0.1, -0.05) is 12.1 Å². The first-order valence-electron chi connectivity index (χ1n) is 6.41. The van der Waals surface area contributed by atoms with Crippen molar-refractivity contribution < 1.29 is 14.3 Å². The standard InChI is InChI=1S/C16H17NO3/c1-3-19-16(18)12-7-8-15(14(17)10-12)20-13-6-4-5-11(2)9-13/h4-10H,3,17H2,1-2H3. The van der Waals surface area contributed by atoms with Gasteiger partial charge in [0.25, 0.3) is 0 Å². The average molecular weight is 271 g/mol. The van der Waals surface area contributed by atoms with E-state index in [0.29, 0.717) is 29.4 Å². The lowest BCUT2D eigenvalue weighted by Crippen LogP contribution is -2.05. The van der Waals surface area contributed by atoms with Crippen molar-refractivity contribution in [2.75, 3.05) is 12.3 Å². The molecule has 0 saturated carbocycles. The van der Waals surface area contributed by atoms with E-state index in [2.05, 4.69) is 0 Å². The molecule has 0 heterocycles. The quantitative estimate of drug-likeness (QED) is 0.682. The normalized spacial score (nSPS) is 10.1.